The lowest BCUT2D eigenvalue weighted by molar-refractivity contribution is -0.403. The minimum absolute atomic E-state index is 0.154. The van der Waals surface area contributed by atoms with E-state index in [4.69, 9.17) is 42.1 Å². The lowest BCUT2D eigenvalue weighted by Gasteiger charge is -1.97. The SMILES string of the molecule is NC(N)=NCCCc1ccccn1.O=[N+]([O-])[O-].O=[N+]([O-])[O-]. The van der Waals surface area contributed by atoms with Gasteiger partial charge >= 0.3 is 0 Å². The van der Waals surface area contributed by atoms with Crippen molar-refractivity contribution >= 4 is 5.96 Å². The van der Waals surface area contributed by atoms with Gasteiger partial charge in [0.25, 0.3) is 0 Å². The van der Waals surface area contributed by atoms with E-state index in [0.29, 0.717) is 6.54 Å². The van der Waals surface area contributed by atoms with Crippen molar-refractivity contribution in [2.24, 2.45) is 16.5 Å². The van der Waals surface area contributed by atoms with E-state index in [2.05, 4.69) is 9.98 Å². The fourth-order valence-electron chi connectivity index (χ4n) is 1.01. The smallest absolute Gasteiger partial charge is 0.185 e. The van der Waals surface area contributed by atoms with Crippen molar-refractivity contribution < 1.29 is 10.2 Å². The van der Waals surface area contributed by atoms with E-state index >= 15 is 0 Å². The van der Waals surface area contributed by atoms with Crippen molar-refractivity contribution in [3.63, 3.8) is 0 Å². The van der Waals surface area contributed by atoms with Gasteiger partial charge < -0.3 is 42.1 Å². The minimum atomic E-state index is -1.75. The highest BCUT2D eigenvalue weighted by Crippen LogP contribution is 1.97. The predicted molar refractivity (Wildman–Crippen MR) is 74.0 cm³/mol. The van der Waals surface area contributed by atoms with Gasteiger partial charge in [0, 0.05) is 18.4 Å². The summed E-state index contributed by atoms with van der Waals surface area (Å²) in [6.45, 7) is 0.666. The molecule has 1 rings (SSSR count). The van der Waals surface area contributed by atoms with Crippen LogP contribution < -0.4 is 11.5 Å². The molecular weight excluding hydrogens is 288 g/mol. The highest BCUT2D eigenvalue weighted by molar-refractivity contribution is 5.75. The zero-order valence-electron chi connectivity index (χ0n) is 10.8. The Kier molecular flexibility index (Phi) is 12.7. The van der Waals surface area contributed by atoms with Crippen LogP contribution >= 0.6 is 0 Å². The molecule has 1 aromatic heterocycles. The van der Waals surface area contributed by atoms with Gasteiger partial charge in [-0.05, 0) is 25.0 Å². The number of nitrogens with two attached hydrogens (primary N) is 2. The van der Waals surface area contributed by atoms with Gasteiger partial charge in [0.05, 0.1) is 10.2 Å². The maximum absolute atomic E-state index is 8.25. The molecule has 0 radical (unpaired) electrons. The lowest BCUT2D eigenvalue weighted by atomic mass is 10.2. The summed E-state index contributed by atoms with van der Waals surface area (Å²) >= 11 is 0. The van der Waals surface area contributed by atoms with Crippen LogP contribution in [0.5, 0.6) is 0 Å². The molecule has 118 valence electrons. The molecule has 12 nitrogen and oxygen atoms in total. The molecule has 0 saturated carbocycles. The monoisotopic (exact) mass is 302 g/mol. The van der Waals surface area contributed by atoms with E-state index in [1.165, 1.54) is 0 Å². The summed E-state index contributed by atoms with van der Waals surface area (Å²) in [5, 5.41) is 29.5. The average Bonchev–Trinajstić information content (AvgIpc) is 2.34. The first kappa shape index (κ1) is 20.1. The molecule has 21 heavy (non-hydrogen) atoms. The van der Waals surface area contributed by atoms with Crippen LogP contribution in [0.3, 0.4) is 0 Å². The number of nitrogens with zero attached hydrogens (tertiary/aromatic N) is 4. The molecule has 0 unspecified atom stereocenters. The quantitative estimate of drug-likeness (QED) is 0.247. The molecule has 0 amide bonds. The number of aliphatic imine (C=N–C) groups is 1. The van der Waals surface area contributed by atoms with E-state index in [0.717, 1.165) is 18.5 Å². The molecule has 12 heteroatoms. The number of hydrogen-bond acceptors (Lipinski definition) is 8. The second-order valence-electron chi connectivity index (χ2n) is 3.18. The molecular formula is C9H14N6O6-2. The Hall–Kier alpha value is -3.18. The summed E-state index contributed by atoms with van der Waals surface area (Å²) in [7, 11) is 0. The van der Waals surface area contributed by atoms with Crippen molar-refractivity contribution in [3.05, 3.63) is 60.7 Å². The van der Waals surface area contributed by atoms with Crippen LogP contribution in [0.4, 0.5) is 0 Å². The van der Waals surface area contributed by atoms with Crippen LogP contribution in [-0.4, -0.2) is 27.7 Å². The van der Waals surface area contributed by atoms with Crippen LogP contribution in [0, 0.1) is 30.6 Å². The van der Waals surface area contributed by atoms with E-state index in [1.807, 2.05) is 18.2 Å². The van der Waals surface area contributed by atoms with Gasteiger partial charge in [0.1, 0.15) is 0 Å². The standard InChI is InChI=1S/C9H14N4.2NO3/c10-9(11)13-7-3-5-8-4-1-2-6-12-8;2*2-1(3)4/h1-2,4,6H,3,5,7H2,(H4,10,11,13);;/q;2*-1. The first-order chi connectivity index (χ1) is 9.75. The Morgan fingerprint density at radius 3 is 2.05 bits per heavy atom. The fourth-order valence-corrected chi connectivity index (χ4v) is 1.01. The van der Waals surface area contributed by atoms with Crippen molar-refractivity contribution in [1.82, 2.24) is 4.98 Å². The average molecular weight is 302 g/mol. The Morgan fingerprint density at radius 1 is 1.14 bits per heavy atom. The minimum Gasteiger partial charge on any atom is -0.370 e. The third kappa shape index (κ3) is 26.4. The molecule has 0 fully saturated rings. The van der Waals surface area contributed by atoms with Crippen molar-refractivity contribution in [2.45, 2.75) is 12.8 Å². The van der Waals surface area contributed by atoms with E-state index in [-0.39, 0.29) is 5.96 Å². The van der Waals surface area contributed by atoms with Crippen LogP contribution in [0.2, 0.25) is 0 Å². The zero-order chi connectivity index (χ0) is 16.7. The maximum atomic E-state index is 8.25. The van der Waals surface area contributed by atoms with Gasteiger partial charge in [0.15, 0.2) is 5.96 Å². The molecule has 4 N–H and O–H groups in total. The number of hydrogen-bond donors (Lipinski definition) is 2. The van der Waals surface area contributed by atoms with Gasteiger partial charge in [-0.25, -0.2) is 0 Å². The summed E-state index contributed by atoms with van der Waals surface area (Å²) in [5.41, 5.74) is 11.4. The fraction of sp³-hybridized carbons (Fsp3) is 0.333. The summed E-state index contributed by atoms with van der Waals surface area (Å²) in [6, 6.07) is 5.87. The van der Waals surface area contributed by atoms with Crippen LogP contribution in [-0.2, 0) is 6.42 Å². The largest absolute Gasteiger partial charge is 0.370 e. The molecule has 0 spiro atoms. The first-order valence-electron chi connectivity index (χ1n) is 5.34. The molecule has 1 heterocycles. The summed E-state index contributed by atoms with van der Waals surface area (Å²) in [4.78, 5) is 24.6. The van der Waals surface area contributed by atoms with Crippen molar-refractivity contribution in [1.29, 1.82) is 0 Å². The van der Waals surface area contributed by atoms with Crippen LogP contribution in [0.1, 0.15) is 12.1 Å². The topological polar surface area (TPSA) is 210 Å². The maximum Gasteiger partial charge on any atom is 0.185 e. The van der Waals surface area contributed by atoms with Crippen molar-refractivity contribution in [2.75, 3.05) is 6.54 Å². The van der Waals surface area contributed by atoms with E-state index in [9.17, 15) is 0 Å². The van der Waals surface area contributed by atoms with Gasteiger partial charge in [-0.1, -0.05) is 6.07 Å². The lowest BCUT2D eigenvalue weighted by Crippen LogP contribution is -2.23. The Balaban J connectivity index is 0. The van der Waals surface area contributed by atoms with E-state index < -0.39 is 10.2 Å². The number of guanidine groups is 1. The molecule has 1 aromatic rings. The van der Waals surface area contributed by atoms with Gasteiger partial charge in [-0.15, -0.1) is 0 Å². The molecule has 0 aromatic carbocycles. The Labute approximate surface area is 119 Å². The number of rotatable bonds is 4. The number of pyridine rings is 1. The highest BCUT2D eigenvalue weighted by atomic mass is 16.9. The third-order valence-corrected chi connectivity index (χ3v) is 1.61. The zero-order valence-corrected chi connectivity index (χ0v) is 10.8. The molecule has 0 aliphatic rings. The summed E-state index contributed by atoms with van der Waals surface area (Å²) in [5.74, 6) is 0.154. The first-order valence-corrected chi connectivity index (χ1v) is 5.34. The number of aromatic nitrogens is 1. The normalized spacial score (nSPS) is 8.19. The Morgan fingerprint density at radius 2 is 1.67 bits per heavy atom. The second-order valence-corrected chi connectivity index (χ2v) is 3.18. The molecule has 0 saturated heterocycles. The highest BCUT2D eigenvalue weighted by Gasteiger charge is 1.91. The second kappa shape index (κ2) is 13.3. The summed E-state index contributed by atoms with van der Waals surface area (Å²) < 4.78 is 0. The van der Waals surface area contributed by atoms with Crippen LogP contribution in [0.25, 0.3) is 0 Å². The van der Waals surface area contributed by atoms with Crippen molar-refractivity contribution in [3.8, 4) is 0 Å². The van der Waals surface area contributed by atoms with Gasteiger partial charge in [-0.3, -0.25) is 9.98 Å². The molecule has 0 aliphatic heterocycles. The molecule has 0 aliphatic carbocycles. The van der Waals surface area contributed by atoms with Gasteiger partial charge in [0.2, 0.25) is 0 Å². The molecule has 0 bridgehead atoms. The third-order valence-electron chi connectivity index (χ3n) is 1.61. The Bertz CT molecular complexity index is 416. The van der Waals surface area contributed by atoms with Crippen LogP contribution in [0.15, 0.2) is 29.4 Å². The summed E-state index contributed by atoms with van der Waals surface area (Å²) in [6.07, 6.45) is 3.63. The van der Waals surface area contributed by atoms with E-state index in [1.54, 1.807) is 6.20 Å². The van der Waals surface area contributed by atoms with Gasteiger partial charge in [-0.2, -0.15) is 0 Å². The number of aryl methyl sites for hydroxylation is 1. The molecule has 0 atom stereocenters. The predicted octanol–water partition coefficient (Wildman–Crippen LogP) is -0.191.